The molecule has 1 aromatic heterocycles. The van der Waals surface area contributed by atoms with Crippen molar-refractivity contribution in [2.45, 2.75) is 6.42 Å². The molecular formula is C11H9ClFN3. The van der Waals surface area contributed by atoms with Gasteiger partial charge in [-0.2, -0.15) is 0 Å². The Morgan fingerprint density at radius 1 is 1.31 bits per heavy atom. The first-order valence-electron chi connectivity index (χ1n) is 4.67. The quantitative estimate of drug-likeness (QED) is 0.873. The highest BCUT2D eigenvalue weighted by Crippen LogP contribution is 2.21. The van der Waals surface area contributed by atoms with E-state index in [1.807, 2.05) is 0 Å². The van der Waals surface area contributed by atoms with E-state index >= 15 is 0 Å². The summed E-state index contributed by atoms with van der Waals surface area (Å²) in [6, 6.07) is 6.12. The Bertz CT molecular complexity index is 496. The lowest BCUT2D eigenvalue weighted by molar-refractivity contribution is 0.612. The summed E-state index contributed by atoms with van der Waals surface area (Å²) in [5, 5.41) is 0.367. The Labute approximate surface area is 97.1 Å². The van der Waals surface area contributed by atoms with Crippen LogP contribution in [0.15, 0.2) is 30.5 Å². The molecule has 1 heterocycles. The number of hydrogen-bond donors (Lipinski definition) is 1. The van der Waals surface area contributed by atoms with Crippen molar-refractivity contribution in [1.82, 2.24) is 9.97 Å². The lowest BCUT2D eigenvalue weighted by Crippen LogP contribution is -2.01. The summed E-state index contributed by atoms with van der Waals surface area (Å²) in [7, 11) is 0. The predicted octanol–water partition coefficient (Wildman–Crippen LogP) is 2.44. The second-order valence-electron chi connectivity index (χ2n) is 3.27. The second-order valence-corrected chi connectivity index (χ2v) is 3.68. The lowest BCUT2D eigenvalue weighted by atomic mass is 10.1. The van der Waals surface area contributed by atoms with Gasteiger partial charge in [0.05, 0.1) is 0 Å². The van der Waals surface area contributed by atoms with Crippen molar-refractivity contribution >= 4 is 17.4 Å². The van der Waals surface area contributed by atoms with Crippen LogP contribution in [0.4, 0.5) is 10.2 Å². The number of rotatable bonds is 2. The number of halogens is 2. The zero-order valence-corrected chi connectivity index (χ0v) is 9.08. The van der Waals surface area contributed by atoms with Gasteiger partial charge >= 0.3 is 0 Å². The molecule has 0 saturated heterocycles. The lowest BCUT2D eigenvalue weighted by Gasteiger charge is -2.04. The van der Waals surface area contributed by atoms with E-state index in [2.05, 4.69) is 9.97 Å². The first-order valence-corrected chi connectivity index (χ1v) is 5.05. The van der Waals surface area contributed by atoms with Gasteiger partial charge in [0.15, 0.2) is 0 Å². The molecule has 2 aromatic rings. The molecule has 0 amide bonds. The van der Waals surface area contributed by atoms with Gasteiger partial charge in [0.2, 0.25) is 0 Å². The van der Waals surface area contributed by atoms with Crippen LogP contribution in [0.1, 0.15) is 11.4 Å². The van der Waals surface area contributed by atoms with E-state index in [4.69, 9.17) is 17.3 Å². The van der Waals surface area contributed by atoms with Gasteiger partial charge in [0.25, 0.3) is 0 Å². The summed E-state index contributed by atoms with van der Waals surface area (Å²) in [5.74, 6) is 0.447. The molecule has 5 heteroatoms. The summed E-state index contributed by atoms with van der Waals surface area (Å²) in [6.07, 6.45) is 1.77. The molecule has 0 aliphatic carbocycles. The molecule has 0 unspecified atom stereocenters. The van der Waals surface area contributed by atoms with E-state index in [0.29, 0.717) is 22.2 Å². The first-order chi connectivity index (χ1) is 7.66. The van der Waals surface area contributed by atoms with E-state index in [9.17, 15) is 4.39 Å². The van der Waals surface area contributed by atoms with Crippen molar-refractivity contribution in [2.24, 2.45) is 0 Å². The topological polar surface area (TPSA) is 51.8 Å². The largest absolute Gasteiger partial charge is 0.384 e. The van der Waals surface area contributed by atoms with Crippen LogP contribution in [0, 0.1) is 5.82 Å². The van der Waals surface area contributed by atoms with Crippen LogP contribution in [0.3, 0.4) is 0 Å². The minimum absolute atomic E-state index is 0.233. The Balaban J connectivity index is 2.34. The summed E-state index contributed by atoms with van der Waals surface area (Å²) in [4.78, 5) is 7.99. The van der Waals surface area contributed by atoms with Gasteiger partial charge < -0.3 is 5.73 Å². The van der Waals surface area contributed by atoms with E-state index in [0.717, 1.165) is 0 Å². The monoisotopic (exact) mass is 237 g/mol. The third-order valence-electron chi connectivity index (χ3n) is 2.12. The highest BCUT2D eigenvalue weighted by atomic mass is 35.5. The van der Waals surface area contributed by atoms with Gasteiger partial charge in [0.1, 0.15) is 17.5 Å². The molecule has 2 N–H and O–H groups in total. The molecule has 82 valence electrons. The van der Waals surface area contributed by atoms with Crippen molar-refractivity contribution in [3.05, 3.63) is 52.7 Å². The number of aromatic nitrogens is 2. The Kier molecular flexibility index (Phi) is 3.01. The van der Waals surface area contributed by atoms with E-state index in [1.165, 1.54) is 12.3 Å². The van der Waals surface area contributed by atoms with Crippen LogP contribution >= 0.6 is 11.6 Å². The number of nitrogen functional groups attached to an aromatic ring is 1. The molecule has 0 spiro atoms. The molecule has 0 aliphatic rings. The molecule has 16 heavy (non-hydrogen) atoms. The SMILES string of the molecule is Nc1ccnc(Cc2c(F)cccc2Cl)n1. The van der Waals surface area contributed by atoms with E-state index in [-0.39, 0.29) is 12.2 Å². The number of anilines is 1. The molecule has 0 radical (unpaired) electrons. The number of benzene rings is 1. The van der Waals surface area contributed by atoms with Crippen LogP contribution in [-0.2, 0) is 6.42 Å². The molecular weight excluding hydrogens is 229 g/mol. The van der Waals surface area contributed by atoms with Crippen molar-refractivity contribution in [2.75, 3.05) is 5.73 Å². The molecule has 0 atom stereocenters. The summed E-state index contributed by atoms with van der Waals surface area (Å²) < 4.78 is 13.5. The Morgan fingerprint density at radius 2 is 2.12 bits per heavy atom. The Morgan fingerprint density at radius 3 is 2.81 bits per heavy atom. The predicted molar refractivity (Wildman–Crippen MR) is 60.7 cm³/mol. The normalized spacial score (nSPS) is 10.4. The minimum Gasteiger partial charge on any atom is -0.384 e. The third-order valence-corrected chi connectivity index (χ3v) is 2.48. The maximum absolute atomic E-state index is 13.5. The smallest absolute Gasteiger partial charge is 0.135 e. The van der Waals surface area contributed by atoms with Crippen LogP contribution < -0.4 is 5.73 Å². The van der Waals surface area contributed by atoms with Crippen molar-refractivity contribution in [3.63, 3.8) is 0 Å². The summed E-state index contributed by atoms with van der Waals surface area (Å²) in [6.45, 7) is 0. The summed E-state index contributed by atoms with van der Waals surface area (Å²) in [5.41, 5.74) is 5.89. The molecule has 0 bridgehead atoms. The van der Waals surface area contributed by atoms with Crippen molar-refractivity contribution in [3.8, 4) is 0 Å². The number of nitrogens with two attached hydrogens (primary N) is 1. The zero-order chi connectivity index (χ0) is 11.5. The van der Waals surface area contributed by atoms with Gasteiger partial charge in [-0.25, -0.2) is 14.4 Å². The highest BCUT2D eigenvalue weighted by Gasteiger charge is 2.09. The molecule has 2 rings (SSSR count). The number of nitrogens with zero attached hydrogens (tertiary/aromatic N) is 2. The van der Waals surface area contributed by atoms with Gasteiger partial charge in [-0.1, -0.05) is 17.7 Å². The van der Waals surface area contributed by atoms with E-state index < -0.39 is 0 Å². The molecule has 0 fully saturated rings. The molecule has 1 aromatic carbocycles. The number of hydrogen-bond acceptors (Lipinski definition) is 3. The van der Waals surface area contributed by atoms with Crippen molar-refractivity contribution in [1.29, 1.82) is 0 Å². The van der Waals surface area contributed by atoms with Crippen LogP contribution in [-0.4, -0.2) is 9.97 Å². The van der Waals surface area contributed by atoms with Crippen LogP contribution in [0.2, 0.25) is 5.02 Å². The maximum Gasteiger partial charge on any atom is 0.135 e. The molecule has 3 nitrogen and oxygen atoms in total. The minimum atomic E-state index is -0.362. The fourth-order valence-electron chi connectivity index (χ4n) is 1.36. The Hall–Kier alpha value is -1.68. The third kappa shape index (κ3) is 2.28. The second kappa shape index (κ2) is 4.45. The van der Waals surface area contributed by atoms with E-state index in [1.54, 1.807) is 18.2 Å². The zero-order valence-electron chi connectivity index (χ0n) is 8.32. The van der Waals surface area contributed by atoms with Gasteiger partial charge in [-0.15, -0.1) is 0 Å². The standard InChI is InChI=1S/C11H9ClFN3/c12-8-2-1-3-9(13)7(8)6-11-15-5-4-10(14)16-11/h1-5H,6H2,(H2,14,15,16). The fraction of sp³-hybridized carbons (Fsp3) is 0.0909. The maximum atomic E-state index is 13.5. The highest BCUT2D eigenvalue weighted by molar-refractivity contribution is 6.31. The molecule has 0 aliphatic heterocycles. The van der Waals surface area contributed by atoms with Gasteiger partial charge in [0, 0.05) is 23.2 Å². The first kappa shape index (κ1) is 10.8. The van der Waals surface area contributed by atoms with Gasteiger partial charge in [-0.3, -0.25) is 0 Å². The van der Waals surface area contributed by atoms with Gasteiger partial charge in [-0.05, 0) is 18.2 Å². The molecule has 0 saturated carbocycles. The average Bonchev–Trinajstić information content (AvgIpc) is 2.24. The summed E-state index contributed by atoms with van der Waals surface area (Å²) >= 11 is 5.89. The van der Waals surface area contributed by atoms with Crippen molar-refractivity contribution < 1.29 is 4.39 Å². The van der Waals surface area contributed by atoms with Crippen LogP contribution in [0.5, 0.6) is 0 Å². The van der Waals surface area contributed by atoms with Crippen LogP contribution in [0.25, 0.3) is 0 Å². The fourth-order valence-corrected chi connectivity index (χ4v) is 1.59. The average molecular weight is 238 g/mol.